The third-order valence-corrected chi connectivity index (χ3v) is 2.88. The third kappa shape index (κ3) is 2.45. The number of anilines is 1. The van der Waals surface area contributed by atoms with Gasteiger partial charge >= 0.3 is 0 Å². The molecule has 0 fully saturated rings. The van der Waals surface area contributed by atoms with Crippen LogP contribution in [0.2, 0.25) is 0 Å². The van der Waals surface area contributed by atoms with Crippen LogP contribution in [-0.4, -0.2) is 24.1 Å². The van der Waals surface area contributed by atoms with Crippen LogP contribution in [0.15, 0.2) is 18.2 Å². The number of ketones is 1. The molecular weight excluding hydrogens is 253 g/mol. The third-order valence-electron chi connectivity index (χ3n) is 2.88. The zero-order valence-corrected chi connectivity index (χ0v) is 9.98. The molecule has 0 saturated carbocycles. The monoisotopic (exact) mass is 265 g/mol. The predicted octanol–water partition coefficient (Wildman–Crippen LogP) is 0.125. The minimum absolute atomic E-state index is 0.0632. The van der Waals surface area contributed by atoms with Crippen LogP contribution in [-0.2, 0) is 9.59 Å². The lowest BCUT2D eigenvalue weighted by Gasteiger charge is -2.15. The maximum Gasteiger partial charge on any atom is 0.299 e. The second-order valence-electron chi connectivity index (χ2n) is 4.12. The quantitative estimate of drug-likeness (QED) is 0.350. The zero-order chi connectivity index (χ0) is 14.0. The molecule has 1 aromatic rings. The molecule has 0 aliphatic carbocycles. The van der Waals surface area contributed by atoms with Crippen molar-refractivity contribution in [3.8, 4) is 0 Å². The smallest absolute Gasteiger partial charge is 0.299 e. The van der Waals surface area contributed by atoms with Crippen molar-refractivity contribution >= 4 is 23.3 Å². The van der Waals surface area contributed by atoms with Gasteiger partial charge in [-0.15, -0.1) is 0 Å². The highest BCUT2D eigenvalue weighted by molar-refractivity contribution is 6.52. The molecule has 0 bridgehead atoms. The molecular formula is C12H12FN3O3. The van der Waals surface area contributed by atoms with Crippen molar-refractivity contribution in [3.63, 3.8) is 0 Å². The number of hydrazine groups is 1. The summed E-state index contributed by atoms with van der Waals surface area (Å²) < 4.78 is 13.0. The van der Waals surface area contributed by atoms with E-state index < -0.39 is 17.5 Å². The van der Waals surface area contributed by atoms with E-state index in [0.717, 1.165) is 6.07 Å². The van der Waals surface area contributed by atoms with E-state index in [0.29, 0.717) is 12.1 Å². The number of nitrogens with one attached hydrogen (secondary N) is 1. The summed E-state index contributed by atoms with van der Waals surface area (Å²) in [5.74, 6) is 2.59. The van der Waals surface area contributed by atoms with Gasteiger partial charge in [0, 0.05) is 13.0 Å². The Morgan fingerprint density at radius 1 is 1.37 bits per heavy atom. The van der Waals surface area contributed by atoms with Crippen LogP contribution < -0.4 is 16.2 Å². The normalized spacial score (nSPS) is 13.7. The highest BCUT2D eigenvalue weighted by Crippen LogP contribution is 2.29. The summed E-state index contributed by atoms with van der Waals surface area (Å²) in [6.45, 7) is 0.205. The van der Waals surface area contributed by atoms with E-state index in [-0.39, 0.29) is 24.4 Å². The van der Waals surface area contributed by atoms with Crippen LogP contribution in [0.25, 0.3) is 0 Å². The molecule has 0 spiro atoms. The molecule has 1 heterocycles. The SMILES string of the molecule is NNC(=O)CCCN1C(=O)C(=O)c2cc(F)ccc21. The van der Waals surface area contributed by atoms with Crippen molar-refractivity contribution in [3.05, 3.63) is 29.6 Å². The molecule has 1 aliphatic heterocycles. The molecule has 0 radical (unpaired) electrons. The molecule has 19 heavy (non-hydrogen) atoms. The lowest BCUT2D eigenvalue weighted by Crippen LogP contribution is -2.33. The fourth-order valence-electron chi connectivity index (χ4n) is 1.96. The fourth-order valence-corrected chi connectivity index (χ4v) is 1.96. The Balaban J connectivity index is 2.13. The first-order valence-corrected chi connectivity index (χ1v) is 5.70. The second kappa shape index (κ2) is 5.15. The molecule has 0 atom stereocenters. The van der Waals surface area contributed by atoms with Crippen molar-refractivity contribution in [2.45, 2.75) is 12.8 Å². The first kappa shape index (κ1) is 13.2. The molecule has 1 aromatic carbocycles. The lowest BCUT2D eigenvalue weighted by atomic mass is 10.1. The van der Waals surface area contributed by atoms with E-state index in [2.05, 4.69) is 0 Å². The van der Waals surface area contributed by atoms with E-state index in [1.54, 1.807) is 0 Å². The molecule has 0 saturated heterocycles. The van der Waals surface area contributed by atoms with Gasteiger partial charge in [0.05, 0.1) is 11.3 Å². The number of benzene rings is 1. The zero-order valence-electron chi connectivity index (χ0n) is 9.98. The number of amides is 2. The van der Waals surface area contributed by atoms with Crippen molar-refractivity contribution in [2.75, 3.05) is 11.4 Å². The highest BCUT2D eigenvalue weighted by Gasteiger charge is 2.35. The summed E-state index contributed by atoms with van der Waals surface area (Å²) in [6, 6.07) is 3.61. The van der Waals surface area contributed by atoms with Gasteiger partial charge < -0.3 is 4.90 Å². The number of nitrogens with two attached hydrogens (primary N) is 1. The number of halogens is 1. The van der Waals surface area contributed by atoms with Crippen molar-refractivity contribution in [2.24, 2.45) is 5.84 Å². The van der Waals surface area contributed by atoms with Gasteiger partial charge in [-0.3, -0.25) is 19.8 Å². The number of rotatable bonds is 4. The van der Waals surface area contributed by atoms with E-state index in [1.165, 1.54) is 17.0 Å². The number of Topliss-reactive ketones (excluding diaryl/α,β-unsaturated/α-hetero) is 1. The summed E-state index contributed by atoms with van der Waals surface area (Å²) >= 11 is 0. The Kier molecular flexibility index (Phi) is 3.57. The number of hydrogen-bond acceptors (Lipinski definition) is 4. The van der Waals surface area contributed by atoms with Gasteiger partial charge in [0.15, 0.2) is 0 Å². The number of carbonyl (C=O) groups excluding carboxylic acids is 3. The standard InChI is InChI=1S/C12H12FN3O3/c13-7-3-4-9-8(6-7)11(18)12(19)16(9)5-1-2-10(17)15-14/h3-4,6H,1-2,5,14H2,(H,15,17). The Morgan fingerprint density at radius 3 is 2.79 bits per heavy atom. The van der Waals surface area contributed by atoms with Crippen LogP contribution in [0.5, 0.6) is 0 Å². The highest BCUT2D eigenvalue weighted by atomic mass is 19.1. The van der Waals surface area contributed by atoms with Crippen LogP contribution >= 0.6 is 0 Å². The molecule has 1 aliphatic rings. The maximum atomic E-state index is 13.0. The summed E-state index contributed by atoms with van der Waals surface area (Å²) in [5, 5.41) is 0. The molecule has 0 unspecified atom stereocenters. The summed E-state index contributed by atoms with van der Waals surface area (Å²) in [4.78, 5) is 35.6. The number of fused-ring (bicyclic) bond motifs is 1. The summed E-state index contributed by atoms with van der Waals surface area (Å²) in [6.07, 6.45) is 0.504. The van der Waals surface area contributed by atoms with Gasteiger partial charge in [0.2, 0.25) is 5.91 Å². The molecule has 2 rings (SSSR count). The van der Waals surface area contributed by atoms with Gasteiger partial charge in [0.1, 0.15) is 5.82 Å². The van der Waals surface area contributed by atoms with Gasteiger partial charge in [-0.2, -0.15) is 0 Å². The molecule has 3 N–H and O–H groups in total. The van der Waals surface area contributed by atoms with E-state index in [4.69, 9.17) is 5.84 Å². The number of hydrogen-bond donors (Lipinski definition) is 2. The van der Waals surface area contributed by atoms with Crippen molar-refractivity contribution < 1.29 is 18.8 Å². The van der Waals surface area contributed by atoms with Crippen molar-refractivity contribution in [1.82, 2.24) is 5.43 Å². The largest absolute Gasteiger partial charge is 0.305 e. The predicted molar refractivity (Wildman–Crippen MR) is 64.6 cm³/mol. The molecule has 100 valence electrons. The van der Waals surface area contributed by atoms with E-state index in [1.807, 2.05) is 5.43 Å². The summed E-state index contributed by atoms with van der Waals surface area (Å²) in [5.41, 5.74) is 2.42. The second-order valence-corrected chi connectivity index (χ2v) is 4.12. The fraction of sp³-hybridized carbons (Fsp3) is 0.250. The first-order valence-electron chi connectivity index (χ1n) is 5.70. The van der Waals surface area contributed by atoms with Crippen molar-refractivity contribution in [1.29, 1.82) is 0 Å². The minimum atomic E-state index is -0.724. The average molecular weight is 265 g/mol. The first-order chi connectivity index (χ1) is 9.04. The minimum Gasteiger partial charge on any atom is -0.305 e. The van der Waals surface area contributed by atoms with Crippen LogP contribution in [0.1, 0.15) is 23.2 Å². The van der Waals surface area contributed by atoms with Crippen LogP contribution in [0, 0.1) is 5.82 Å². The molecule has 2 amide bonds. The lowest BCUT2D eigenvalue weighted by molar-refractivity contribution is -0.121. The van der Waals surface area contributed by atoms with E-state index >= 15 is 0 Å². The van der Waals surface area contributed by atoms with Crippen LogP contribution in [0.3, 0.4) is 0 Å². The number of nitrogens with zero attached hydrogens (tertiary/aromatic N) is 1. The van der Waals surface area contributed by atoms with Crippen LogP contribution in [0.4, 0.5) is 10.1 Å². The molecule has 7 heteroatoms. The Morgan fingerprint density at radius 2 is 2.11 bits per heavy atom. The van der Waals surface area contributed by atoms with E-state index in [9.17, 15) is 18.8 Å². The molecule has 0 aromatic heterocycles. The van der Waals surface area contributed by atoms with Gasteiger partial charge in [0.25, 0.3) is 11.7 Å². The molecule has 6 nitrogen and oxygen atoms in total. The summed E-state index contributed by atoms with van der Waals surface area (Å²) in [7, 11) is 0. The Hall–Kier alpha value is -2.28. The Labute approximate surface area is 108 Å². The topological polar surface area (TPSA) is 92.5 Å². The number of carbonyl (C=O) groups is 3. The van der Waals surface area contributed by atoms with Gasteiger partial charge in [-0.05, 0) is 24.6 Å². The van der Waals surface area contributed by atoms with Gasteiger partial charge in [-0.25, -0.2) is 10.2 Å². The average Bonchev–Trinajstić information content (AvgIpc) is 2.63. The Bertz CT molecular complexity index is 559. The maximum absolute atomic E-state index is 13.0. The van der Waals surface area contributed by atoms with Gasteiger partial charge in [-0.1, -0.05) is 0 Å².